The zero-order valence-corrected chi connectivity index (χ0v) is 11.1. The van der Waals surface area contributed by atoms with E-state index in [1.807, 2.05) is 0 Å². The number of hydrogen-bond donors (Lipinski definition) is 1. The molecule has 3 unspecified atom stereocenters. The van der Waals surface area contributed by atoms with Gasteiger partial charge in [-0.3, -0.25) is 0 Å². The largest absolute Gasteiger partial charge is 0.416 e. The molecule has 0 radical (unpaired) electrons. The van der Waals surface area contributed by atoms with Crippen molar-refractivity contribution in [3.8, 4) is 0 Å². The van der Waals surface area contributed by atoms with Crippen molar-refractivity contribution in [2.45, 2.75) is 50.7 Å². The number of hydrogen-bond acceptors (Lipinski definition) is 1. The molecule has 4 heteroatoms. The van der Waals surface area contributed by atoms with Gasteiger partial charge in [-0.15, -0.1) is 0 Å². The van der Waals surface area contributed by atoms with Crippen LogP contribution in [0, 0.1) is 5.92 Å². The zero-order chi connectivity index (χ0) is 14.0. The summed E-state index contributed by atoms with van der Waals surface area (Å²) >= 11 is 0. The summed E-state index contributed by atoms with van der Waals surface area (Å²) in [5.74, 6) is 0.639. The van der Waals surface area contributed by atoms with E-state index in [0.29, 0.717) is 5.92 Å². The predicted octanol–water partition coefficient (Wildman–Crippen LogP) is 4.33. The Morgan fingerprint density at radius 2 is 2.00 bits per heavy atom. The van der Waals surface area contributed by atoms with Crippen LogP contribution < -0.4 is 5.73 Å². The first-order valence-electron chi connectivity index (χ1n) is 6.84. The Bertz CT molecular complexity index is 428. The minimum Gasteiger partial charge on any atom is -0.327 e. The van der Waals surface area contributed by atoms with E-state index >= 15 is 0 Å². The maximum Gasteiger partial charge on any atom is 0.416 e. The molecule has 1 aromatic carbocycles. The first-order valence-corrected chi connectivity index (χ1v) is 6.84. The molecule has 106 valence electrons. The monoisotopic (exact) mass is 271 g/mol. The molecule has 0 aromatic heterocycles. The van der Waals surface area contributed by atoms with Crippen LogP contribution in [-0.2, 0) is 6.18 Å². The molecule has 2 rings (SSSR count). The number of halogens is 3. The molecule has 0 amide bonds. The van der Waals surface area contributed by atoms with E-state index in [0.717, 1.165) is 37.3 Å². The Morgan fingerprint density at radius 3 is 2.63 bits per heavy atom. The summed E-state index contributed by atoms with van der Waals surface area (Å²) < 4.78 is 38.2. The van der Waals surface area contributed by atoms with E-state index in [4.69, 9.17) is 5.73 Å². The summed E-state index contributed by atoms with van der Waals surface area (Å²) in [6, 6.07) is 5.63. The first kappa shape index (κ1) is 14.4. The molecule has 2 N–H and O–H groups in total. The summed E-state index contributed by atoms with van der Waals surface area (Å²) in [6.45, 7) is 2.13. The van der Waals surface area contributed by atoms with Gasteiger partial charge in [-0.25, -0.2) is 0 Å². The van der Waals surface area contributed by atoms with E-state index < -0.39 is 11.7 Å². The molecule has 0 heterocycles. The highest BCUT2D eigenvalue weighted by molar-refractivity contribution is 5.29. The normalized spacial score (nSPS) is 28.4. The summed E-state index contributed by atoms with van der Waals surface area (Å²) in [5.41, 5.74) is 6.27. The SMILES string of the molecule is CCC1CCC(N)C(c2cccc(C(F)(F)F)c2)C1. The Hall–Kier alpha value is -1.03. The van der Waals surface area contributed by atoms with Gasteiger partial charge in [0.2, 0.25) is 0 Å². The van der Waals surface area contributed by atoms with Crippen molar-refractivity contribution in [3.05, 3.63) is 35.4 Å². The quantitative estimate of drug-likeness (QED) is 0.851. The molecule has 1 aromatic rings. The van der Waals surface area contributed by atoms with Crippen LogP contribution in [0.4, 0.5) is 13.2 Å². The molecule has 1 aliphatic rings. The molecule has 1 fully saturated rings. The molecule has 1 aliphatic carbocycles. The maximum absolute atomic E-state index is 12.7. The molecule has 0 bridgehead atoms. The molecule has 1 nitrogen and oxygen atoms in total. The highest BCUT2D eigenvalue weighted by Crippen LogP contribution is 2.38. The van der Waals surface area contributed by atoms with E-state index in [-0.39, 0.29) is 12.0 Å². The molecule has 19 heavy (non-hydrogen) atoms. The minimum atomic E-state index is -4.28. The third-order valence-corrected chi connectivity index (χ3v) is 4.23. The van der Waals surface area contributed by atoms with Crippen molar-refractivity contribution >= 4 is 0 Å². The van der Waals surface area contributed by atoms with Crippen molar-refractivity contribution < 1.29 is 13.2 Å². The second-order valence-corrected chi connectivity index (χ2v) is 5.48. The van der Waals surface area contributed by atoms with Gasteiger partial charge in [-0.1, -0.05) is 31.5 Å². The van der Waals surface area contributed by atoms with Crippen LogP contribution in [0.15, 0.2) is 24.3 Å². The molecular formula is C15H20F3N. The van der Waals surface area contributed by atoms with Crippen molar-refractivity contribution in [3.63, 3.8) is 0 Å². The zero-order valence-electron chi connectivity index (χ0n) is 11.1. The Labute approximate surface area is 112 Å². The van der Waals surface area contributed by atoms with E-state index in [1.165, 1.54) is 12.1 Å². The summed E-state index contributed by atoms with van der Waals surface area (Å²) in [7, 11) is 0. The van der Waals surface area contributed by atoms with Gasteiger partial charge in [0.1, 0.15) is 0 Å². The van der Waals surface area contributed by atoms with Gasteiger partial charge in [0.05, 0.1) is 5.56 Å². The molecule has 1 saturated carbocycles. The van der Waals surface area contributed by atoms with Crippen LogP contribution in [0.1, 0.15) is 49.7 Å². The summed E-state index contributed by atoms with van der Waals surface area (Å²) in [4.78, 5) is 0. The van der Waals surface area contributed by atoms with Crippen LogP contribution in [0.25, 0.3) is 0 Å². The lowest BCUT2D eigenvalue weighted by atomic mass is 9.74. The van der Waals surface area contributed by atoms with E-state index in [9.17, 15) is 13.2 Å². The van der Waals surface area contributed by atoms with Crippen molar-refractivity contribution in [1.82, 2.24) is 0 Å². The first-order chi connectivity index (χ1) is 8.91. The average Bonchev–Trinajstić information content (AvgIpc) is 2.38. The average molecular weight is 271 g/mol. The summed E-state index contributed by atoms with van der Waals surface area (Å²) in [6.07, 6.45) is -0.313. The highest BCUT2D eigenvalue weighted by Gasteiger charge is 2.33. The number of alkyl halides is 3. The molecule has 0 aliphatic heterocycles. The number of nitrogens with two attached hydrogens (primary N) is 1. The van der Waals surface area contributed by atoms with Crippen LogP contribution in [0.2, 0.25) is 0 Å². The van der Waals surface area contributed by atoms with Crippen molar-refractivity contribution in [2.75, 3.05) is 0 Å². The minimum absolute atomic E-state index is 0.0220. The van der Waals surface area contributed by atoms with Gasteiger partial charge < -0.3 is 5.73 Å². The third-order valence-electron chi connectivity index (χ3n) is 4.23. The molecule has 0 spiro atoms. The second-order valence-electron chi connectivity index (χ2n) is 5.48. The topological polar surface area (TPSA) is 26.0 Å². The lowest BCUT2D eigenvalue weighted by Gasteiger charge is -2.34. The Kier molecular flexibility index (Phi) is 4.19. The Morgan fingerprint density at radius 1 is 1.26 bits per heavy atom. The second kappa shape index (κ2) is 5.53. The molecule has 0 saturated heterocycles. The van der Waals surface area contributed by atoms with Gasteiger partial charge in [0.25, 0.3) is 0 Å². The Balaban J connectivity index is 2.25. The van der Waals surface area contributed by atoms with Crippen LogP contribution in [0.3, 0.4) is 0 Å². The number of rotatable bonds is 2. The van der Waals surface area contributed by atoms with Crippen molar-refractivity contribution in [1.29, 1.82) is 0 Å². The molecular weight excluding hydrogens is 251 g/mol. The van der Waals surface area contributed by atoms with E-state index in [1.54, 1.807) is 6.07 Å². The van der Waals surface area contributed by atoms with Gasteiger partial charge in [-0.05, 0) is 42.7 Å². The molecule has 3 atom stereocenters. The van der Waals surface area contributed by atoms with Crippen molar-refractivity contribution in [2.24, 2.45) is 11.7 Å². The highest BCUT2D eigenvalue weighted by atomic mass is 19.4. The van der Waals surface area contributed by atoms with Crippen LogP contribution in [-0.4, -0.2) is 6.04 Å². The van der Waals surface area contributed by atoms with Gasteiger partial charge in [-0.2, -0.15) is 13.2 Å². The standard InChI is InChI=1S/C15H20F3N/c1-2-10-6-7-14(19)13(8-10)11-4-3-5-12(9-11)15(16,17)18/h3-5,9-10,13-14H,2,6-8,19H2,1H3. The smallest absolute Gasteiger partial charge is 0.327 e. The fourth-order valence-electron chi connectivity index (χ4n) is 2.98. The number of benzene rings is 1. The fraction of sp³-hybridized carbons (Fsp3) is 0.600. The van der Waals surface area contributed by atoms with Gasteiger partial charge >= 0.3 is 6.18 Å². The van der Waals surface area contributed by atoms with E-state index in [2.05, 4.69) is 6.92 Å². The predicted molar refractivity (Wildman–Crippen MR) is 69.8 cm³/mol. The van der Waals surface area contributed by atoms with Crippen LogP contribution in [0.5, 0.6) is 0 Å². The maximum atomic E-state index is 12.7. The lowest BCUT2D eigenvalue weighted by molar-refractivity contribution is -0.137. The van der Waals surface area contributed by atoms with Crippen LogP contribution >= 0.6 is 0 Å². The summed E-state index contributed by atoms with van der Waals surface area (Å²) in [5, 5.41) is 0. The van der Waals surface area contributed by atoms with Gasteiger partial charge in [0.15, 0.2) is 0 Å². The fourth-order valence-corrected chi connectivity index (χ4v) is 2.98. The lowest BCUT2D eigenvalue weighted by Crippen LogP contribution is -2.34. The third kappa shape index (κ3) is 3.30. The van der Waals surface area contributed by atoms with Gasteiger partial charge in [0, 0.05) is 6.04 Å².